The van der Waals surface area contributed by atoms with Crippen molar-refractivity contribution in [2.75, 3.05) is 0 Å². The lowest BCUT2D eigenvalue weighted by atomic mass is 9.73. The third-order valence-corrected chi connectivity index (χ3v) is 4.02. The van der Waals surface area contributed by atoms with E-state index < -0.39 is 35.7 Å². The Morgan fingerprint density at radius 1 is 1.10 bits per heavy atom. The van der Waals surface area contributed by atoms with Crippen molar-refractivity contribution >= 4 is 0 Å². The van der Waals surface area contributed by atoms with Gasteiger partial charge >= 0.3 is 6.18 Å². The van der Waals surface area contributed by atoms with Crippen LogP contribution in [-0.2, 0) is 0 Å². The molecule has 2 N–H and O–H groups in total. The van der Waals surface area contributed by atoms with Gasteiger partial charge in [-0.25, -0.2) is 8.78 Å². The number of rotatable bonds is 2. The number of hydrogen-bond donors (Lipinski definition) is 1. The Morgan fingerprint density at radius 2 is 1.75 bits per heavy atom. The van der Waals surface area contributed by atoms with E-state index in [-0.39, 0.29) is 18.4 Å². The molecule has 1 nitrogen and oxygen atoms in total. The lowest BCUT2D eigenvalue weighted by Gasteiger charge is -2.36. The fourth-order valence-corrected chi connectivity index (χ4v) is 3.00. The molecule has 3 unspecified atom stereocenters. The van der Waals surface area contributed by atoms with Crippen LogP contribution in [0.15, 0.2) is 18.2 Å². The second kappa shape index (κ2) is 5.68. The van der Waals surface area contributed by atoms with Gasteiger partial charge in [-0.3, -0.25) is 0 Å². The van der Waals surface area contributed by atoms with E-state index in [9.17, 15) is 22.0 Å². The predicted molar refractivity (Wildman–Crippen MR) is 64.8 cm³/mol. The van der Waals surface area contributed by atoms with Crippen molar-refractivity contribution in [3.05, 3.63) is 35.4 Å². The first-order valence-electron chi connectivity index (χ1n) is 6.58. The van der Waals surface area contributed by atoms with Gasteiger partial charge in [0.2, 0.25) is 0 Å². The summed E-state index contributed by atoms with van der Waals surface area (Å²) in [5, 5.41) is 0. The minimum atomic E-state index is -4.35. The second-order valence-corrected chi connectivity index (χ2v) is 5.29. The van der Waals surface area contributed by atoms with E-state index >= 15 is 0 Å². The summed E-state index contributed by atoms with van der Waals surface area (Å²) in [6.07, 6.45) is -2.96. The molecular weight excluding hydrogens is 277 g/mol. The summed E-state index contributed by atoms with van der Waals surface area (Å²) in [4.78, 5) is 0. The minimum absolute atomic E-state index is 0.00119. The van der Waals surface area contributed by atoms with Crippen molar-refractivity contribution in [2.24, 2.45) is 17.6 Å². The first-order valence-corrected chi connectivity index (χ1v) is 6.58. The summed E-state index contributed by atoms with van der Waals surface area (Å²) in [6, 6.07) is 1.57. The van der Waals surface area contributed by atoms with Crippen LogP contribution in [0.3, 0.4) is 0 Å². The highest BCUT2D eigenvalue weighted by atomic mass is 19.4. The van der Waals surface area contributed by atoms with Gasteiger partial charge in [0.05, 0.1) is 5.92 Å². The van der Waals surface area contributed by atoms with Crippen LogP contribution in [0.2, 0.25) is 0 Å². The van der Waals surface area contributed by atoms with Crippen LogP contribution in [0.4, 0.5) is 22.0 Å². The van der Waals surface area contributed by atoms with E-state index in [0.29, 0.717) is 12.8 Å². The van der Waals surface area contributed by atoms with Crippen LogP contribution in [0.25, 0.3) is 0 Å². The van der Waals surface area contributed by atoms with Crippen molar-refractivity contribution < 1.29 is 22.0 Å². The van der Waals surface area contributed by atoms with Crippen molar-refractivity contribution in [3.8, 4) is 0 Å². The number of nitrogens with two attached hydrogens (primary N) is 1. The first kappa shape index (κ1) is 15.2. The fourth-order valence-electron chi connectivity index (χ4n) is 3.00. The maximum atomic E-state index is 13.7. The molecule has 0 saturated heterocycles. The van der Waals surface area contributed by atoms with Gasteiger partial charge < -0.3 is 5.73 Å². The van der Waals surface area contributed by atoms with E-state index in [2.05, 4.69) is 0 Å². The molecule has 20 heavy (non-hydrogen) atoms. The molecule has 0 aliphatic heterocycles. The third kappa shape index (κ3) is 3.11. The lowest BCUT2D eigenvalue weighted by Crippen LogP contribution is -2.39. The number of alkyl halides is 3. The van der Waals surface area contributed by atoms with Gasteiger partial charge in [0.25, 0.3) is 0 Å². The Balaban J connectivity index is 2.30. The zero-order valence-electron chi connectivity index (χ0n) is 10.8. The Kier molecular flexibility index (Phi) is 4.32. The zero-order chi connectivity index (χ0) is 14.9. The highest BCUT2D eigenvalue weighted by Gasteiger charge is 2.47. The molecule has 2 rings (SSSR count). The molecule has 0 heterocycles. The molecule has 0 aromatic heterocycles. The zero-order valence-corrected chi connectivity index (χ0v) is 10.8. The molecule has 6 heteroatoms. The van der Waals surface area contributed by atoms with Gasteiger partial charge in [0.15, 0.2) is 0 Å². The number of benzene rings is 1. The van der Waals surface area contributed by atoms with Crippen LogP contribution in [0, 0.1) is 23.5 Å². The van der Waals surface area contributed by atoms with Gasteiger partial charge in [0, 0.05) is 11.6 Å². The van der Waals surface area contributed by atoms with E-state index in [1.54, 1.807) is 0 Å². The largest absolute Gasteiger partial charge is 0.392 e. The van der Waals surface area contributed by atoms with Gasteiger partial charge in [-0.2, -0.15) is 13.2 Å². The molecule has 0 bridgehead atoms. The maximum Gasteiger partial charge on any atom is 0.392 e. The average Bonchev–Trinajstić information content (AvgIpc) is 2.40. The molecular formula is C14H16F5N. The summed E-state index contributed by atoms with van der Waals surface area (Å²) in [6.45, 7) is 0. The predicted octanol–water partition coefficient (Wildman–Crippen LogP) is 4.33. The molecule has 0 amide bonds. The highest BCUT2D eigenvalue weighted by molar-refractivity contribution is 5.23. The van der Waals surface area contributed by atoms with E-state index in [1.165, 1.54) is 0 Å². The SMILES string of the molecule is NC(c1cc(F)ccc1F)C1CCCCC1C(F)(F)F. The summed E-state index contributed by atoms with van der Waals surface area (Å²) in [5.74, 6) is -3.91. The Bertz CT molecular complexity index is 471. The van der Waals surface area contributed by atoms with E-state index in [1.807, 2.05) is 0 Å². The van der Waals surface area contributed by atoms with E-state index in [0.717, 1.165) is 18.2 Å². The molecule has 1 aromatic carbocycles. The summed E-state index contributed by atoms with van der Waals surface area (Å²) < 4.78 is 65.9. The van der Waals surface area contributed by atoms with Crippen molar-refractivity contribution in [2.45, 2.75) is 37.9 Å². The van der Waals surface area contributed by atoms with E-state index in [4.69, 9.17) is 5.73 Å². The average molecular weight is 293 g/mol. The van der Waals surface area contributed by atoms with Crippen LogP contribution >= 0.6 is 0 Å². The van der Waals surface area contributed by atoms with Crippen LogP contribution in [-0.4, -0.2) is 6.18 Å². The normalized spacial score (nSPS) is 25.5. The molecule has 1 aliphatic rings. The molecule has 112 valence electrons. The van der Waals surface area contributed by atoms with Crippen molar-refractivity contribution in [3.63, 3.8) is 0 Å². The standard InChI is InChI=1S/C14H16F5N/c15-8-5-6-12(16)10(7-8)13(20)9-3-1-2-4-11(9)14(17,18)19/h5-7,9,11,13H,1-4,20H2. The Morgan fingerprint density at radius 3 is 2.40 bits per heavy atom. The number of halogens is 5. The fraction of sp³-hybridized carbons (Fsp3) is 0.571. The molecule has 1 saturated carbocycles. The Hall–Kier alpha value is -1.17. The smallest absolute Gasteiger partial charge is 0.324 e. The lowest BCUT2D eigenvalue weighted by molar-refractivity contribution is -0.198. The van der Waals surface area contributed by atoms with Crippen LogP contribution in [0.1, 0.15) is 37.3 Å². The quantitative estimate of drug-likeness (QED) is 0.807. The molecule has 0 radical (unpaired) electrons. The second-order valence-electron chi connectivity index (χ2n) is 5.29. The van der Waals surface area contributed by atoms with Gasteiger partial charge in [-0.05, 0) is 37.0 Å². The van der Waals surface area contributed by atoms with Crippen molar-refractivity contribution in [1.29, 1.82) is 0 Å². The number of hydrogen-bond acceptors (Lipinski definition) is 1. The van der Waals surface area contributed by atoms with Gasteiger partial charge in [-0.1, -0.05) is 12.8 Å². The Labute approximate surface area is 114 Å². The molecule has 1 fully saturated rings. The molecule has 3 atom stereocenters. The monoisotopic (exact) mass is 293 g/mol. The summed E-state index contributed by atoms with van der Waals surface area (Å²) in [7, 11) is 0. The van der Waals surface area contributed by atoms with Gasteiger partial charge in [-0.15, -0.1) is 0 Å². The topological polar surface area (TPSA) is 26.0 Å². The van der Waals surface area contributed by atoms with Crippen LogP contribution in [0.5, 0.6) is 0 Å². The third-order valence-electron chi connectivity index (χ3n) is 4.02. The first-order chi connectivity index (χ1) is 9.30. The van der Waals surface area contributed by atoms with Crippen molar-refractivity contribution in [1.82, 2.24) is 0 Å². The minimum Gasteiger partial charge on any atom is -0.324 e. The molecule has 1 aliphatic carbocycles. The molecule has 0 spiro atoms. The summed E-state index contributed by atoms with van der Waals surface area (Å²) in [5.41, 5.74) is 5.64. The maximum absolute atomic E-state index is 13.7. The van der Waals surface area contributed by atoms with Gasteiger partial charge in [0.1, 0.15) is 11.6 Å². The highest BCUT2D eigenvalue weighted by Crippen LogP contribution is 2.46. The summed E-state index contributed by atoms with van der Waals surface area (Å²) >= 11 is 0. The molecule has 1 aromatic rings. The van der Waals surface area contributed by atoms with Crippen LogP contribution < -0.4 is 5.73 Å².